The van der Waals surface area contributed by atoms with Gasteiger partial charge in [-0.05, 0) is 50.1 Å². The van der Waals surface area contributed by atoms with Crippen LogP contribution in [0.4, 0.5) is 5.69 Å². The molecule has 3 heterocycles. The first-order valence-corrected chi connectivity index (χ1v) is 9.35. The normalized spacial score (nSPS) is 18.4. The zero-order valence-electron chi connectivity index (χ0n) is 16.4. The Morgan fingerprint density at radius 3 is 2.79 bits per heavy atom. The van der Waals surface area contributed by atoms with E-state index in [2.05, 4.69) is 10.4 Å². The number of β-amino-alcohol motifs (C(OH)–C–C–N with tert-alkyl or cyclic N) is 1. The van der Waals surface area contributed by atoms with Crippen molar-refractivity contribution in [1.82, 2.24) is 14.5 Å². The SMILES string of the molecule is Cc1cc(Oc2ccnn3cc(C(=O)N4CC(O)C4C)c(C)c23)ccc1NC=O. The van der Waals surface area contributed by atoms with Gasteiger partial charge >= 0.3 is 0 Å². The summed E-state index contributed by atoms with van der Waals surface area (Å²) in [4.78, 5) is 25.2. The summed E-state index contributed by atoms with van der Waals surface area (Å²) in [5.41, 5.74) is 3.59. The van der Waals surface area contributed by atoms with Gasteiger partial charge in [-0.25, -0.2) is 4.52 Å². The van der Waals surface area contributed by atoms with Gasteiger partial charge in [-0.15, -0.1) is 0 Å². The average Bonchev–Trinajstić information content (AvgIpc) is 3.05. The molecule has 3 aromatic rings. The monoisotopic (exact) mass is 394 g/mol. The Bertz CT molecular complexity index is 1110. The molecule has 1 aliphatic rings. The Hall–Kier alpha value is -3.39. The van der Waals surface area contributed by atoms with E-state index < -0.39 is 6.10 Å². The van der Waals surface area contributed by atoms with Crippen molar-refractivity contribution in [2.75, 3.05) is 11.9 Å². The fourth-order valence-electron chi connectivity index (χ4n) is 3.59. The smallest absolute Gasteiger partial charge is 0.256 e. The minimum Gasteiger partial charge on any atom is -0.455 e. The zero-order chi connectivity index (χ0) is 20.7. The number of nitrogens with zero attached hydrogens (tertiary/aromatic N) is 3. The van der Waals surface area contributed by atoms with Crippen molar-refractivity contribution in [1.29, 1.82) is 0 Å². The van der Waals surface area contributed by atoms with Crippen molar-refractivity contribution in [2.24, 2.45) is 0 Å². The first kappa shape index (κ1) is 18.9. The summed E-state index contributed by atoms with van der Waals surface area (Å²) >= 11 is 0. The van der Waals surface area contributed by atoms with E-state index in [1.165, 1.54) is 0 Å². The lowest BCUT2D eigenvalue weighted by atomic mass is 9.99. The summed E-state index contributed by atoms with van der Waals surface area (Å²) in [7, 11) is 0. The quantitative estimate of drug-likeness (QED) is 0.648. The molecule has 1 saturated heterocycles. The van der Waals surface area contributed by atoms with Crippen LogP contribution in [0.15, 0.2) is 36.7 Å². The van der Waals surface area contributed by atoms with E-state index in [0.717, 1.165) is 11.1 Å². The highest BCUT2D eigenvalue weighted by Crippen LogP contribution is 2.33. The number of carbonyl (C=O) groups is 2. The fraction of sp³-hybridized carbons (Fsp3) is 0.286. The topological polar surface area (TPSA) is 96.2 Å². The molecule has 1 aromatic carbocycles. The average molecular weight is 394 g/mol. The van der Waals surface area contributed by atoms with Crippen molar-refractivity contribution in [2.45, 2.75) is 32.9 Å². The van der Waals surface area contributed by atoms with Crippen LogP contribution in [-0.4, -0.2) is 50.6 Å². The van der Waals surface area contributed by atoms with E-state index in [9.17, 15) is 14.7 Å². The molecule has 8 nitrogen and oxygen atoms in total. The summed E-state index contributed by atoms with van der Waals surface area (Å²) in [6.45, 7) is 5.90. The number of nitrogens with one attached hydrogen (secondary N) is 1. The second kappa shape index (κ2) is 7.21. The summed E-state index contributed by atoms with van der Waals surface area (Å²) in [6, 6.07) is 6.92. The Labute approximate surface area is 167 Å². The molecule has 0 saturated carbocycles. The third-order valence-electron chi connectivity index (χ3n) is 5.45. The number of hydrogen-bond donors (Lipinski definition) is 2. The largest absolute Gasteiger partial charge is 0.455 e. The molecule has 150 valence electrons. The number of aromatic nitrogens is 2. The van der Waals surface area contributed by atoms with E-state index in [0.29, 0.717) is 41.2 Å². The number of aryl methyl sites for hydroxylation is 2. The van der Waals surface area contributed by atoms with Gasteiger partial charge in [-0.2, -0.15) is 5.10 Å². The fourth-order valence-corrected chi connectivity index (χ4v) is 3.59. The Balaban J connectivity index is 1.68. The van der Waals surface area contributed by atoms with Gasteiger partial charge in [0.15, 0.2) is 5.75 Å². The van der Waals surface area contributed by atoms with Gasteiger partial charge in [0.2, 0.25) is 6.41 Å². The number of anilines is 1. The number of hydrogen-bond acceptors (Lipinski definition) is 5. The molecule has 0 spiro atoms. The van der Waals surface area contributed by atoms with Crippen molar-refractivity contribution >= 4 is 23.5 Å². The van der Waals surface area contributed by atoms with Crippen LogP contribution in [0.3, 0.4) is 0 Å². The first-order chi connectivity index (χ1) is 13.9. The highest BCUT2D eigenvalue weighted by atomic mass is 16.5. The van der Waals surface area contributed by atoms with E-state index in [1.54, 1.807) is 40.0 Å². The van der Waals surface area contributed by atoms with Crippen LogP contribution in [0.5, 0.6) is 11.5 Å². The Morgan fingerprint density at radius 2 is 2.14 bits per heavy atom. The van der Waals surface area contributed by atoms with Gasteiger partial charge in [0.1, 0.15) is 11.3 Å². The number of fused-ring (bicyclic) bond motifs is 1. The van der Waals surface area contributed by atoms with Crippen LogP contribution in [0.2, 0.25) is 0 Å². The number of ether oxygens (including phenoxy) is 1. The minimum absolute atomic E-state index is 0.128. The van der Waals surface area contributed by atoms with Gasteiger partial charge < -0.3 is 20.1 Å². The van der Waals surface area contributed by atoms with Crippen LogP contribution in [-0.2, 0) is 4.79 Å². The molecule has 2 unspecified atom stereocenters. The molecule has 1 aliphatic heterocycles. The lowest BCUT2D eigenvalue weighted by Crippen LogP contribution is -2.60. The molecule has 2 N–H and O–H groups in total. The molecule has 0 bridgehead atoms. The Morgan fingerprint density at radius 1 is 1.34 bits per heavy atom. The van der Waals surface area contributed by atoms with Gasteiger partial charge in [0.25, 0.3) is 5.91 Å². The van der Waals surface area contributed by atoms with Crippen molar-refractivity contribution in [3.63, 3.8) is 0 Å². The van der Waals surface area contributed by atoms with Gasteiger partial charge in [-0.3, -0.25) is 9.59 Å². The number of benzene rings is 1. The number of aliphatic hydroxyl groups excluding tert-OH is 1. The van der Waals surface area contributed by atoms with Gasteiger partial charge in [0.05, 0.1) is 23.9 Å². The molecule has 4 rings (SSSR count). The van der Waals surface area contributed by atoms with Crippen LogP contribution < -0.4 is 10.1 Å². The van der Waals surface area contributed by atoms with Gasteiger partial charge in [-0.1, -0.05) is 0 Å². The summed E-state index contributed by atoms with van der Waals surface area (Å²) in [5, 5.41) is 16.7. The minimum atomic E-state index is -0.478. The van der Waals surface area contributed by atoms with E-state index >= 15 is 0 Å². The first-order valence-electron chi connectivity index (χ1n) is 9.35. The number of rotatable bonds is 5. The molecule has 29 heavy (non-hydrogen) atoms. The lowest BCUT2D eigenvalue weighted by Gasteiger charge is -2.43. The number of amides is 2. The molecule has 0 radical (unpaired) electrons. The third kappa shape index (κ3) is 3.21. The maximum atomic E-state index is 12.9. The predicted molar refractivity (Wildman–Crippen MR) is 107 cm³/mol. The van der Waals surface area contributed by atoms with Crippen LogP contribution in [0.25, 0.3) is 5.52 Å². The molecule has 8 heteroatoms. The number of aliphatic hydroxyl groups is 1. The van der Waals surface area contributed by atoms with Crippen LogP contribution in [0.1, 0.15) is 28.4 Å². The summed E-state index contributed by atoms with van der Waals surface area (Å²) in [6.07, 6.45) is 3.46. The molecule has 2 aromatic heterocycles. The second-order valence-electron chi connectivity index (χ2n) is 7.26. The second-order valence-corrected chi connectivity index (χ2v) is 7.26. The standard InChI is InChI=1S/C21H22N4O4/c1-12-8-15(4-5-17(12)22-11-26)29-19-6-7-23-25-9-16(13(2)20(19)25)21(28)24-10-18(27)14(24)3/h4-9,11,14,18,27H,10H2,1-3H3,(H,22,26). The van der Waals surface area contributed by atoms with Crippen LogP contribution >= 0.6 is 0 Å². The Kier molecular flexibility index (Phi) is 4.71. The molecular weight excluding hydrogens is 372 g/mol. The summed E-state index contributed by atoms with van der Waals surface area (Å²) in [5.74, 6) is 1.06. The number of carbonyl (C=O) groups excluding carboxylic acids is 2. The van der Waals surface area contributed by atoms with Gasteiger partial charge in [0, 0.05) is 24.5 Å². The molecular formula is C21H22N4O4. The van der Waals surface area contributed by atoms with E-state index in [-0.39, 0.29) is 11.9 Å². The molecule has 2 atom stereocenters. The van der Waals surface area contributed by atoms with Crippen LogP contribution in [0, 0.1) is 13.8 Å². The zero-order valence-corrected chi connectivity index (χ0v) is 16.4. The van der Waals surface area contributed by atoms with Crippen molar-refractivity contribution in [3.05, 3.63) is 53.3 Å². The maximum Gasteiger partial charge on any atom is 0.256 e. The summed E-state index contributed by atoms with van der Waals surface area (Å²) < 4.78 is 7.71. The maximum absolute atomic E-state index is 12.9. The van der Waals surface area contributed by atoms with Crippen molar-refractivity contribution < 1.29 is 19.4 Å². The van der Waals surface area contributed by atoms with Crippen molar-refractivity contribution in [3.8, 4) is 11.5 Å². The third-order valence-corrected chi connectivity index (χ3v) is 5.45. The number of likely N-dealkylation sites (tertiary alicyclic amines) is 1. The van der Waals surface area contributed by atoms with E-state index in [1.807, 2.05) is 26.8 Å². The molecule has 1 fully saturated rings. The molecule has 2 amide bonds. The predicted octanol–water partition coefficient (Wildman–Crippen LogP) is 2.52. The highest BCUT2D eigenvalue weighted by molar-refractivity contribution is 5.99. The van der Waals surface area contributed by atoms with E-state index in [4.69, 9.17) is 4.74 Å². The lowest BCUT2D eigenvalue weighted by molar-refractivity contribution is -0.105. The highest BCUT2D eigenvalue weighted by Gasteiger charge is 2.38. The molecule has 0 aliphatic carbocycles.